The van der Waals surface area contributed by atoms with Gasteiger partial charge in [0.2, 0.25) is 5.88 Å². The van der Waals surface area contributed by atoms with Crippen molar-refractivity contribution in [1.82, 2.24) is 9.97 Å². The van der Waals surface area contributed by atoms with Crippen LogP contribution in [0.25, 0.3) is 0 Å². The summed E-state index contributed by atoms with van der Waals surface area (Å²) < 4.78 is 5.92. The molecule has 1 aliphatic rings. The van der Waals surface area contributed by atoms with Gasteiger partial charge in [-0.2, -0.15) is 0 Å². The molecule has 0 aromatic carbocycles. The van der Waals surface area contributed by atoms with E-state index >= 15 is 0 Å². The highest BCUT2D eigenvalue weighted by Gasteiger charge is 2.16. The first-order chi connectivity index (χ1) is 8.85. The quantitative estimate of drug-likeness (QED) is 0.871. The molecule has 1 aliphatic carbocycles. The Hall–Kier alpha value is -1.32. The first-order valence-electron chi connectivity index (χ1n) is 6.99. The molecule has 0 spiro atoms. The average Bonchev–Trinajstić information content (AvgIpc) is 2.45. The molecular weight excluding hydrogens is 226 g/mol. The third-order valence-corrected chi connectivity index (χ3v) is 3.68. The van der Waals surface area contributed by atoms with Crippen LogP contribution in [0.5, 0.6) is 5.88 Å². The zero-order chi connectivity index (χ0) is 12.8. The Morgan fingerprint density at radius 2 is 2.06 bits per heavy atom. The SMILES string of the molecule is CCc1c(NC)ncnc1OCC1CCCCC1. The predicted octanol–water partition coefficient (Wildman–Crippen LogP) is 3.04. The lowest BCUT2D eigenvalue weighted by atomic mass is 9.90. The van der Waals surface area contributed by atoms with Gasteiger partial charge in [-0.05, 0) is 25.2 Å². The van der Waals surface area contributed by atoms with Gasteiger partial charge in [0, 0.05) is 7.05 Å². The molecule has 1 saturated carbocycles. The number of anilines is 1. The van der Waals surface area contributed by atoms with Crippen LogP contribution < -0.4 is 10.1 Å². The largest absolute Gasteiger partial charge is 0.477 e. The van der Waals surface area contributed by atoms with Gasteiger partial charge in [0.1, 0.15) is 12.1 Å². The topological polar surface area (TPSA) is 47.0 Å². The van der Waals surface area contributed by atoms with Crippen LogP contribution in [0, 0.1) is 5.92 Å². The molecule has 0 unspecified atom stereocenters. The van der Waals surface area contributed by atoms with Gasteiger partial charge in [-0.3, -0.25) is 0 Å². The van der Waals surface area contributed by atoms with Crippen molar-refractivity contribution < 1.29 is 4.74 Å². The minimum absolute atomic E-state index is 0.705. The summed E-state index contributed by atoms with van der Waals surface area (Å²) in [5, 5.41) is 3.09. The van der Waals surface area contributed by atoms with Crippen LogP contribution in [0.2, 0.25) is 0 Å². The first-order valence-corrected chi connectivity index (χ1v) is 6.99. The summed E-state index contributed by atoms with van der Waals surface area (Å²) >= 11 is 0. The van der Waals surface area contributed by atoms with E-state index in [1.54, 1.807) is 6.33 Å². The lowest BCUT2D eigenvalue weighted by Crippen LogP contribution is -2.16. The van der Waals surface area contributed by atoms with Crippen molar-refractivity contribution in [3.8, 4) is 5.88 Å². The third-order valence-electron chi connectivity index (χ3n) is 3.68. The standard InChI is InChI=1S/C14H23N3O/c1-3-12-13(15-2)16-10-17-14(12)18-9-11-7-5-4-6-8-11/h10-11H,3-9H2,1-2H3,(H,15,16,17). The number of nitrogens with one attached hydrogen (secondary N) is 1. The van der Waals surface area contributed by atoms with Gasteiger partial charge < -0.3 is 10.1 Å². The van der Waals surface area contributed by atoms with Crippen molar-refractivity contribution in [2.45, 2.75) is 45.4 Å². The van der Waals surface area contributed by atoms with Crippen molar-refractivity contribution in [2.24, 2.45) is 5.92 Å². The van der Waals surface area contributed by atoms with Crippen molar-refractivity contribution in [3.63, 3.8) is 0 Å². The highest BCUT2D eigenvalue weighted by molar-refractivity contribution is 5.48. The molecule has 4 heteroatoms. The third kappa shape index (κ3) is 3.12. The summed E-state index contributed by atoms with van der Waals surface area (Å²) in [6.07, 6.45) is 9.13. The van der Waals surface area contributed by atoms with E-state index in [0.29, 0.717) is 5.92 Å². The van der Waals surface area contributed by atoms with E-state index in [1.807, 2.05) is 7.05 Å². The molecule has 1 heterocycles. The molecule has 2 rings (SSSR count). The second-order valence-corrected chi connectivity index (χ2v) is 4.92. The number of aromatic nitrogens is 2. The molecule has 1 aromatic heterocycles. The Labute approximate surface area is 109 Å². The highest BCUT2D eigenvalue weighted by Crippen LogP contribution is 2.26. The van der Waals surface area contributed by atoms with Crippen LogP contribution in [0.1, 0.15) is 44.6 Å². The molecule has 18 heavy (non-hydrogen) atoms. The molecule has 0 saturated heterocycles. The number of rotatable bonds is 5. The fourth-order valence-electron chi connectivity index (χ4n) is 2.61. The Kier molecular flexibility index (Phi) is 4.79. The van der Waals surface area contributed by atoms with E-state index in [9.17, 15) is 0 Å². The fourth-order valence-corrected chi connectivity index (χ4v) is 2.61. The summed E-state index contributed by atoms with van der Waals surface area (Å²) in [5.41, 5.74) is 1.08. The Bertz CT molecular complexity index is 375. The molecule has 0 aliphatic heterocycles. The van der Waals surface area contributed by atoms with Crippen molar-refractivity contribution in [3.05, 3.63) is 11.9 Å². The van der Waals surface area contributed by atoms with Crippen LogP contribution in [0.3, 0.4) is 0 Å². The van der Waals surface area contributed by atoms with Gasteiger partial charge in [-0.15, -0.1) is 0 Å². The molecule has 1 fully saturated rings. The van der Waals surface area contributed by atoms with Crippen LogP contribution in [-0.2, 0) is 6.42 Å². The smallest absolute Gasteiger partial charge is 0.221 e. The summed E-state index contributed by atoms with van der Waals surface area (Å²) in [5.74, 6) is 2.34. The number of nitrogens with zero attached hydrogens (tertiary/aromatic N) is 2. The predicted molar refractivity (Wildman–Crippen MR) is 73.0 cm³/mol. The van der Waals surface area contributed by atoms with Crippen molar-refractivity contribution in [2.75, 3.05) is 19.0 Å². The van der Waals surface area contributed by atoms with Crippen molar-refractivity contribution in [1.29, 1.82) is 0 Å². The molecule has 0 bridgehead atoms. The summed E-state index contributed by atoms with van der Waals surface area (Å²) in [7, 11) is 1.88. The Morgan fingerprint density at radius 1 is 1.28 bits per heavy atom. The van der Waals surface area contributed by atoms with Gasteiger partial charge in [0.15, 0.2) is 0 Å². The molecule has 0 atom stereocenters. The van der Waals surface area contributed by atoms with Crippen molar-refractivity contribution >= 4 is 5.82 Å². The monoisotopic (exact) mass is 249 g/mol. The highest BCUT2D eigenvalue weighted by atomic mass is 16.5. The minimum Gasteiger partial charge on any atom is -0.477 e. The molecule has 0 radical (unpaired) electrons. The van der Waals surface area contributed by atoms with Crippen LogP contribution in [0.15, 0.2) is 6.33 Å². The van der Waals surface area contributed by atoms with Gasteiger partial charge in [-0.1, -0.05) is 26.2 Å². The zero-order valence-electron chi connectivity index (χ0n) is 11.4. The molecule has 1 N–H and O–H groups in total. The minimum atomic E-state index is 0.705. The van der Waals surface area contributed by atoms with Crippen LogP contribution >= 0.6 is 0 Å². The second-order valence-electron chi connectivity index (χ2n) is 4.92. The molecule has 100 valence electrons. The van der Waals surface area contributed by atoms with Gasteiger partial charge in [-0.25, -0.2) is 9.97 Å². The second kappa shape index (κ2) is 6.57. The van der Waals surface area contributed by atoms with E-state index < -0.39 is 0 Å². The maximum absolute atomic E-state index is 5.92. The number of ether oxygens (including phenoxy) is 1. The number of hydrogen-bond donors (Lipinski definition) is 1. The lowest BCUT2D eigenvalue weighted by molar-refractivity contribution is 0.201. The summed E-state index contributed by atoms with van der Waals surface area (Å²) in [6, 6.07) is 0. The maximum Gasteiger partial charge on any atom is 0.221 e. The van der Waals surface area contributed by atoms with E-state index in [2.05, 4.69) is 22.2 Å². The fraction of sp³-hybridized carbons (Fsp3) is 0.714. The maximum atomic E-state index is 5.92. The van der Waals surface area contributed by atoms with Gasteiger partial charge in [0.05, 0.1) is 12.2 Å². The molecular formula is C14H23N3O. The summed E-state index contributed by atoms with van der Waals surface area (Å²) in [4.78, 5) is 8.49. The van der Waals surface area contributed by atoms with E-state index in [1.165, 1.54) is 32.1 Å². The lowest BCUT2D eigenvalue weighted by Gasteiger charge is -2.22. The molecule has 1 aromatic rings. The molecule has 0 amide bonds. The Balaban J connectivity index is 1.99. The zero-order valence-corrected chi connectivity index (χ0v) is 11.4. The molecule has 4 nitrogen and oxygen atoms in total. The van der Waals surface area contributed by atoms with E-state index in [4.69, 9.17) is 4.74 Å². The number of hydrogen-bond acceptors (Lipinski definition) is 4. The van der Waals surface area contributed by atoms with E-state index in [0.717, 1.165) is 30.3 Å². The Morgan fingerprint density at radius 3 is 2.72 bits per heavy atom. The first kappa shape index (κ1) is 13.1. The van der Waals surface area contributed by atoms with Gasteiger partial charge >= 0.3 is 0 Å². The van der Waals surface area contributed by atoms with Crippen LogP contribution in [0.4, 0.5) is 5.82 Å². The summed E-state index contributed by atoms with van der Waals surface area (Å²) in [6.45, 7) is 2.90. The van der Waals surface area contributed by atoms with Crippen LogP contribution in [-0.4, -0.2) is 23.6 Å². The van der Waals surface area contributed by atoms with E-state index in [-0.39, 0.29) is 0 Å². The average molecular weight is 249 g/mol. The van der Waals surface area contributed by atoms with Gasteiger partial charge in [0.25, 0.3) is 0 Å². The normalized spacial score (nSPS) is 16.6.